The van der Waals surface area contributed by atoms with Gasteiger partial charge < -0.3 is 10.6 Å². The second-order valence-corrected chi connectivity index (χ2v) is 8.41. The number of imide groups is 1. The topological polar surface area (TPSA) is 95.6 Å². The summed E-state index contributed by atoms with van der Waals surface area (Å²) < 4.78 is 0. The first-order valence-corrected chi connectivity index (χ1v) is 10.9. The summed E-state index contributed by atoms with van der Waals surface area (Å²) in [5.74, 6) is -1.14. The minimum Gasteiger partial charge on any atom is -0.350 e. The van der Waals surface area contributed by atoms with Gasteiger partial charge >= 0.3 is 0 Å². The van der Waals surface area contributed by atoms with Crippen molar-refractivity contribution in [3.63, 3.8) is 0 Å². The molecule has 0 atom stereocenters. The van der Waals surface area contributed by atoms with Crippen LogP contribution in [0.1, 0.15) is 55.3 Å². The molecule has 1 aliphatic heterocycles. The minimum atomic E-state index is -0.375. The Bertz CT molecular complexity index is 1260. The standard InChI is InChI=1S/C26H25N3O4/c1-16(2)15-29-25(32)21-11-10-18(14-22(21)26(29)33)23(30)27-12-13-28-24(31)20-9-5-7-17-6-3-4-8-19(17)20/h3-11,14,16H,12-13,15H2,1-2H3,(H,27,30)(H,28,31). The smallest absolute Gasteiger partial charge is 0.261 e. The Kier molecular flexibility index (Phi) is 6.22. The first-order chi connectivity index (χ1) is 15.9. The van der Waals surface area contributed by atoms with Crippen molar-refractivity contribution >= 4 is 34.4 Å². The van der Waals surface area contributed by atoms with Crippen LogP contribution in [0.4, 0.5) is 0 Å². The third-order valence-corrected chi connectivity index (χ3v) is 5.51. The molecule has 7 nitrogen and oxygen atoms in total. The molecule has 2 N–H and O–H groups in total. The number of hydrogen-bond acceptors (Lipinski definition) is 4. The molecule has 1 aliphatic rings. The van der Waals surface area contributed by atoms with Crippen molar-refractivity contribution in [1.82, 2.24) is 15.5 Å². The molecule has 4 amide bonds. The Morgan fingerprint density at radius 3 is 2.24 bits per heavy atom. The van der Waals surface area contributed by atoms with E-state index in [1.54, 1.807) is 6.07 Å². The van der Waals surface area contributed by atoms with Gasteiger partial charge in [-0.25, -0.2) is 0 Å². The van der Waals surface area contributed by atoms with Gasteiger partial charge in [0.25, 0.3) is 23.6 Å². The maximum Gasteiger partial charge on any atom is 0.261 e. The molecule has 3 aromatic rings. The molecule has 0 bridgehead atoms. The van der Waals surface area contributed by atoms with Crippen molar-refractivity contribution in [2.75, 3.05) is 19.6 Å². The fraction of sp³-hybridized carbons (Fsp3) is 0.231. The SMILES string of the molecule is CC(C)CN1C(=O)c2ccc(C(=O)NCCNC(=O)c3cccc4ccccc34)cc2C1=O. The van der Waals surface area contributed by atoms with Gasteiger partial charge in [0.2, 0.25) is 0 Å². The van der Waals surface area contributed by atoms with E-state index in [0.717, 1.165) is 10.8 Å². The zero-order chi connectivity index (χ0) is 23.5. The Balaban J connectivity index is 1.35. The number of carbonyl (C=O) groups is 4. The predicted octanol–water partition coefficient (Wildman–Crippen LogP) is 3.25. The van der Waals surface area contributed by atoms with E-state index >= 15 is 0 Å². The van der Waals surface area contributed by atoms with E-state index in [2.05, 4.69) is 10.6 Å². The molecule has 4 rings (SSSR count). The molecule has 0 aromatic heterocycles. The highest BCUT2D eigenvalue weighted by atomic mass is 16.2. The molecule has 0 unspecified atom stereocenters. The van der Waals surface area contributed by atoms with E-state index in [1.807, 2.05) is 50.2 Å². The minimum absolute atomic E-state index is 0.152. The second kappa shape index (κ2) is 9.24. The van der Waals surface area contributed by atoms with E-state index in [0.29, 0.717) is 23.2 Å². The molecule has 7 heteroatoms. The molecular formula is C26H25N3O4. The molecule has 1 heterocycles. The van der Waals surface area contributed by atoms with E-state index in [-0.39, 0.29) is 48.2 Å². The van der Waals surface area contributed by atoms with Crippen LogP contribution in [-0.4, -0.2) is 48.2 Å². The number of hydrogen-bond donors (Lipinski definition) is 2. The maximum absolute atomic E-state index is 12.6. The van der Waals surface area contributed by atoms with Gasteiger partial charge in [0.05, 0.1) is 11.1 Å². The van der Waals surface area contributed by atoms with Crippen LogP contribution in [0.3, 0.4) is 0 Å². The first-order valence-electron chi connectivity index (χ1n) is 10.9. The number of rotatable bonds is 7. The van der Waals surface area contributed by atoms with E-state index in [1.165, 1.54) is 23.1 Å². The van der Waals surface area contributed by atoms with Gasteiger partial charge in [-0.3, -0.25) is 24.1 Å². The van der Waals surface area contributed by atoms with Crippen molar-refractivity contribution in [2.45, 2.75) is 13.8 Å². The summed E-state index contributed by atoms with van der Waals surface area (Å²) in [6.45, 7) is 4.67. The van der Waals surface area contributed by atoms with Crippen LogP contribution >= 0.6 is 0 Å². The lowest BCUT2D eigenvalue weighted by molar-refractivity contribution is 0.0635. The van der Waals surface area contributed by atoms with Gasteiger partial charge in [0.1, 0.15) is 0 Å². The van der Waals surface area contributed by atoms with Crippen LogP contribution in [0.5, 0.6) is 0 Å². The van der Waals surface area contributed by atoms with E-state index in [9.17, 15) is 19.2 Å². The van der Waals surface area contributed by atoms with Gasteiger partial charge in [-0.05, 0) is 41.0 Å². The molecule has 0 radical (unpaired) electrons. The van der Waals surface area contributed by atoms with E-state index in [4.69, 9.17) is 0 Å². The summed E-state index contributed by atoms with van der Waals surface area (Å²) in [5, 5.41) is 7.41. The lowest BCUT2D eigenvalue weighted by Crippen LogP contribution is -2.34. The summed E-state index contributed by atoms with van der Waals surface area (Å²) in [5.41, 5.74) is 1.44. The Labute approximate surface area is 191 Å². The van der Waals surface area contributed by atoms with Gasteiger partial charge in [0.15, 0.2) is 0 Å². The highest BCUT2D eigenvalue weighted by Crippen LogP contribution is 2.25. The summed E-state index contributed by atoms with van der Waals surface area (Å²) in [7, 11) is 0. The summed E-state index contributed by atoms with van der Waals surface area (Å²) in [6, 6.07) is 17.7. The number of benzene rings is 3. The summed E-state index contributed by atoms with van der Waals surface area (Å²) in [6.07, 6.45) is 0. The van der Waals surface area contributed by atoms with Crippen LogP contribution < -0.4 is 10.6 Å². The Morgan fingerprint density at radius 2 is 1.48 bits per heavy atom. The summed E-state index contributed by atoms with van der Waals surface area (Å²) in [4.78, 5) is 51.4. The van der Waals surface area contributed by atoms with Crippen LogP contribution in [0.2, 0.25) is 0 Å². The molecule has 0 spiro atoms. The third-order valence-electron chi connectivity index (χ3n) is 5.51. The summed E-state index contributed by atoms with van der Waals surface area (Å²) >= 11 is 0. The quantitative estimate of drug-likeness (QED) is 0.433. The average molecular weight is 444 g/mol. The van der Waals surface area contributed by atoms with E-state index < -0.39 is 0 Å². The number of amides is 4. The molecule has 0 saturated carbocycles. The molecular weight excluding hydrogens is 418 g/mol. The molecule has 3 aromatic carbocycles. The fourth-order valence-corrected chi connectivity index (χ4v) is 3.94. The van der Waals surface area contributed by atoms with Crippen molar-refractivity contribution in [3.8, 4) is 0 Å². The number of nitrogens with one attached hydrogen (secondary N) is 2. The van der Waals surface area contributed by atoms with Gasteiger partial charge in [-0.1, -0.05) is 50.2 Å². The molecule has 168 valence electrons. The van der Waals surface area contributed by atoms with Crippen molar-refractivity contribution in [2.24, 2.45) is 5.92 Å². The maximum atomic E-state index is 12.6. The monoisotopic (exact) mass is 443 g/mol. The lowest BCUT2D eigenvalue weighted by atomic mass is 10.0. The zero-order valence-corrected chi connectivity index (χ0v) is 18.6. The van der Waals surface area contributed by atoms with Crippen LogP contribution in [0.15, 0.2) is 60.7 Å². The molecule has 0 aliphatic carbocycles. The Hall–Kier alpha value is -4.00. The highest BCUT2D eigenvalue weighted by molar-refractivity contribution is 6.22. The molecule has 0 saturated heterocycles. The van der Waals surface area contributed by atoms with Gasteiger partial charge in [-0.15, -0.1) is 0 Å². The van der Waals surface area contributed by atoms with Gasteiger partial charge in [0, 0.05) is 30.8 Å². The number of fused-ring (bicyclic) bond motifs is 2. The zero-order valence-electron chi connectivity index (χ0n) is 18.6. The first kappa shape index (κ1) is 22.2. The predicted molar refractivity (Wildman–Crippen MR) is 125 cm³/mol. The van der Waals surface area contributed by atoms with Crippen molar-refractivity contribution in [1.29, 1.82) is 0 Å². The van der Waals surface area contributed by atoms with Crippen molar-refractivity contribution < 1.29 is 19.2 Å². The second-order valence-electron chi connectivity index (χ2n) is 8.41. The third kappa shape index (κ3) is 4.48. The van der Waals surface area contributed by atoms with Crippen molar-refractivity contribution in [3.05, 3.63) is 82.9 Å². The molecule has 0 fully saturated rings. The van der Waals surface area contributed by atoms with Crippen LogP contribution in [0, 0.1) is 5.92 Å². The average Bonchev–Trinajstić information content (AvgIpc) is 3.05. The van der Waals surface area contributed by atoms with Gasteiger partial charge in [-0.2, -0.15) is 0 Å². The Morgan fingerprint density at radius 1 is 0.818 bits per heavy atom. The normalized spacial score (nSPS) is 12.9. The van der Waals surface area contributed by atoms with Crippen LogP contribution in [0.25, 0.3) is 10.8 Å². The number of nitrogens with zero attached hydrogens (tertiary/aromatic N) is 1. The molecule has 33 heavy (non-hydrogen) atoms. The fourth-order valence-electron chi connectivity index (χ4n) is 3.94. The highest BCUT2D eigenvalue weighted by Gasteiger charge is 2.36. The van der Waals surface area contributed by atoms with Crippen LogP contribution in [-0.2, 0) is 0 Å². The largest absolute Gasteiger partial charge is 0.350 e. The number of carbonyl (C=O) groups excluding carboxylic acids is 4. The lowest BCUT2D eigenvalue weighted by Gasteiger charge is -2.15.